The monoisotopic (exact) mass is 425 g/mol. The van der Waals surface area contributed by atoms with Crippen molar-refractivity contribution in [2.24, 2.45) is 0 Å². The zero-order chi connectivity index (χ0) is 22.1. The molecule has 3 heterocycles. The van der Waals surface area contributed by atoms with Crippen molar-refractivity contribution in [2.75, 3.05) is 29.4 Å². The van der Waals surface area contributed by atoms with Crippen molar-refractivity contribution >= 4 is 28.6 Å². The summed E-state index contributed by atoms with van der Waals surface area (Å²) in [6.07, 6.45) is 1.81. The van der Waals surface area contributed by atoms with Gasteiger partial charge in [0, 0.05) is 37.4 Å². The molecule has 1 N–H and O–H groups in total. The number of benzene rings is 2. The van der Waals surface area contributed by atoms with Gasteiger partial charge in [0.25, 0.3) is 0 Å². The highest BCUT2D eigenvalue weighted by Crippen LogP contribution is 2.32. The van der Waals surface area contributed by atoms with Crippen molar-refractivity contribution in [2.45, 2.75) is 13.0 Å². The summed E-state index contributed by atoms with van der Waals surface area (Å²) in [4.78, 5) is 30.3. The number of hydrogen-bond acceptors (Lipinski definition) is 6. The lowest BCUT2D eigenvalue weighted by Gasteiger charge is -2.41. The number of hydrogen-bond donors (Lipinski definition) is 1. The third-order valence-electron chi connectivity index (χ3n) is 5.81. The van der Waals surface area contributed by atoms with E-state index < -0.39 is 5.97 Å². The lowest BCUT2D eigenvalue weighted by molar-refractivity contribution is 0.0697. The Morgan fingerprint density at radius 1 is 0.969 bits per heavy atom. The van der Waals surface area contributed by atoms with Gasteiger partial charge in [-0.1, -0.05) is 36.4 Å². The number of carboxylic acid groups (broad SMARTS) is 1. The average Bonchev–Trinajstić information content (AvgIpc) is 2.84. The molecule has 5 rings (SSSR count). The number of fused-ring (bicyclic) bond motifs is 1. The maximum absolute atomic E-state index is 11.5. The van der Waals surface area contributed by atoms with Crippen LogP contribution in [-0.2, 0) is 0 Å². The Balaban J connectivity index is 1.57. The molecule has 1 atom stereocenters. The second-order valence-electron chi connectivity index (χ2n) is 7.95. The third kappa shape index (κ3) is 3.73. The van der Waals surface area contributed by atoms with E-state index in [-0.39, 0.29) is 11.6 Å². The molecule has 0 saturated carbocycles. The zero-order valence-electron chi connectivity index (χ0n) is 17.7. The number of piperazine rings is 1. The third-order valence-corrected chi connectivity index (χ3v) is 5.81. The maximum Gasteiger partial charge on any atom is 0.335 e. The molecule has 0 aliphatic carbocycles. The zero-order valence-corrected chi connectivity index (χ0v) is 17.7. The van der Waals surface area contributed by atoms with Gasteiger partial charge in [0.15, 0.2) is 5.82 Å². The summed E-state index contributed by atoms with van der Waals surface area (Å²) in [5.41, 5.74) is 3.26. The van der Waals surface area contributed by atoms with Crippen LogP contribution >= 0.6 is 0 Å². The second kappa shape index (κ2) is 8.26. The highest BCUT2D eigenvalue weighted by atomic mass is 16.4. The molecule has 1 aliphatic rings. The summed E-state index contributed by atoms with van der Waals surface area (Å²) < 4.78 is 0. The molecule has 0 spiro atoms. The molecule has 160 valence electrons. The molecule has 2 aromatic heterocycles. The van der Waals surface area contributed by atoms with Crippen LogP contribution in [0.3, 0.4) is 0 Å². The molecule has 1 fully saturated rings. The van der Waals surface area contributed by atoms with E-state index in [0.717, 1.165) is 42.5 Å². The molecule has 0 radical (unpaired) electrons. The van der Waals surface area contributed by atoms with Crippen molar-refractivity contribution in [1.29, 1.82) is 0 Å². The van der Waals surface area contributed by atoms with Crippen LogP contribution in [0.2, 0.25) is 0 Å². The summed E-state index contributed by atoms with van der Waals surface area (Å²) >= 11 is 0. The summed E-state index contributed by atoms with van der Waals surface area (Å²) in [5.74, 6) is 0.775. The molecule has 7 nitrogen and oxygen atoms in total. The molecule has 32 heavy (non-hydrogen) atoms. The number of rotatable bonds is 4. The maximum atomic E-state index is 11.5. The van der Waals surface area contributed by atoms with Gasteiger partial charge in [-0.2, -0.15) is 0 Å². The predicted octanol–water partition coefficient (Wildman–Crippen LogP) is 4.11. The van der Waals surface area contributed by atoms with Gasteiger partial charge < -0.3 is 14.9 Å². The van der Waals surface area contributed by atoms with Crippen LogP contribution in [0.1, 0.15) is 17.3 Å². The van der Waals surface area contributed by atoms with Crippen LogP contribution in [0.4, 0.5) is 11.6 Å². The summed E-state index contributed by atoms with van der Waals surface area (Å²) in [6.45, 7) is 4.55. The van der Waals surface area contributed by atoms with E-state index >= 15 is 0 Å². The number of carboxylic acids is 1. The molecule has 2 aromatic carbocycles. The van der Waals surface area contributed by atoms with Crippen LogP contribution in [-0.4, -0.2) is 51.7 Å². The minimum Gasteiger partial charge on any atom is -0.478 e. The quantitative estimate of drug-likeness (QED) is 0.527. The standard InChI is InChI=1S/C25H23N5O2/c1-17-16-29(22-9-5-6-12-26-22)13-14-30(17)24-23(18-7-3-2-4-8-18)27-20-11-10-19(25(31)32)15-21(20)28-24/h2-12,15,17H,13-14,16H2,1H3,(H,31,32). The Morgan fingerprint density at radius 3 is 2.50 bits per heavy atom. The van der Waals surface area contributed by atoms with Crippen LogP contribution < -0.4 is 9.80 Å². The largest absolute Gasteiger partial charge is 0.478 e. The Hall–Kier alpha value is -4.00. The number of aromatic nitrogens is 3. The molecule has 4 aromatic rings. The van der Waals surface area contributed by atoms with Crippen LogP contribution in [0.15, 0.2) is 72.9 Å². The average molecular weight is 425 g/mol. The first-order chi connectivity index (χ1) is 15.6. The van der Waals surface area contributed by atoms with E-state index in [1.54, 1.807) is 18.2 Å². The van der Waals surface area contributed by atoms with Gasteiger partial charge in [-0.3, -0.25) is 0 Å². The minimum atomic E-state index is -0.972. The SMILES string of the molecule is CC1CN(c2ccccn2)CCN1c1nc2cc(C(=O)O)ccc2nc1-c1ccccc1. The van der Waals surface area contributed by atoms with Gasteiger partial charge in [-0.05, 0) is 37.3 Å². The molecule has 7 heteroatoms. The molecular formula is C25H23N5O2. The molecule has 0 bridgehead atoms. The van der Waals surface area contributed by atoms with Crippen LogP contribution in [0, 0.1) is 0 Å². The molecule has 1 unspecified atom stereocenters. The molecule has 0 amide bonds. The minimum absolute atomic E-state index is 0.169. The smallest absolute Gasteiger partial charge is 0.335 e. The first-order valence-corrected chi connectivity index (χ1v) is 10.6. The van der Waals surface area contributed by atoms with Crippen molar-refractivity contribution in [3.8, 4) is 11.3 Å². The van der Waals surface area contributed by atoms with Gasteiger partial charge in [-0.15, -0.1) is 0 Å². The second-order valence-corrected chi connectivity index (χ2v) is 7.95. The Bertz CT molecular complexity index is 1260. The number of carbonyl (C=O) groups is 1. The van der Waals surface area contributed by atoms with Gasteiger partial charge in [0.05, 0.1) is 16.6 Å². The number of aromatic carboxylic acids is 1. The van der Waals surface area contributed by atoms with Gasteiger partial charge in [0.1, 0.15) is 11.5 Å². The number of nitrogens with zero attached hydrogens (tertiary/aromatic N) is 5. The van der Waals surface area contributed by atoms with Gasteiger partial charge in [-0.25, -0.2) is 19.7 Å². The predicted molar refractivity (Wildman–Crippen MR) is 125 cm³/mol. The lowest BCUT2D eigenvalue weighted by atomic mass is 10.1. The van der Waals surface area contributed by atoms with Crippen molar-refractivity contribution in [3.05, 3.63) is 78.5 Å². The summed E-state index contributed by atoms with van der Waals surface area (Å²) in [5, 5.41) is 9.40. The van der Waals surface area contributed by atoms with E-state index in [9.17, 15) is 9.90 Å². The summed E-state index contributed by atoms with van der Waals surface area (Å²) in [6, 6.07) is 21.0. The molecule has 1 saturated heterocycles. The number of pyridine rings is 1. The van der Waals surface area contributed by atoms with E-state index in [2.05, 4.69) is 21.7 Å². The number of anilines is 2. The fourth-order valence-electron chi connectivity index (χ4n) is 4.19. The van der Waals surface area contributed by atoms with Gasteiger partial charge in [0.2, 0.25) is 0 Å². The highest BCUT2D eigenvalue weighted by molar-refractivity contribution is 5.93. The fraction of sp³-hybridized carbons (Fsp3) is 0.200. The van der Waals surface area contributed by atoms with E-state index in [1.807, 2.05) is 54.7 Å². The fourth-order valence-corrected chi connectivity index (χ4v) is 4.19. The van der Waals surface area contributed by atoms with Crippen molar-refractivity contribution in [1.82, 2.24) is 15.0 Å². The normalized spacial score (nSPS) is 16.3. The summed E-state index contributed by atoms with van der Waals surface area (Å²) in [7, 11) is 0. The Kier molecular flexibility index (Phi) is 5.15. The first kappa shape index (κ1) is 19.9. The van der Waals surface area contributed by atoms with Crippen LogP contribution in [0.25, 0.3) is 22.3 Å². The van der Waals surface area contributed by atoms with E-state index in [4.69, 9.17) is 9.97 Å². The topological polar surface area (TPSA) is 82.5 Å². The Morgan fingerprint density at radius 2 is 1.78 bits per heavy atom. The molecule has 1 aliphatic heterocycles. The Labute approximate surface area is 186 Å². The lowest BCUT2D eigenvalue weighted by Crippen LogP contribution is -2.52. The molecular weight excluding hydrogens is 402 g/mol. The van der Waals surface area contributed by atoms with Crippen LogP contribution in [0.5, 0.6) is 0 Å². The first-order valence-electron chi connectivity index (χ1n) is 10.6. The van der Waals surface area contributed by atoms with E-state index in [1.165, 1.54) is 0 Å². The van der Waals surface area contributed by atoms with Crippen molar-refractivity contribution < 1.29 is 9.90 Å². The van der Waals surface area contributed by atoms with E-state index in [0.29, 0.717) is 11.0 Å². The van der Waals surface area contributed by atoms with Gasteiger partial charge >= 0.3 is 5.97 Å². The highest BCUT2D eigenvalue weighted by Gasteiger charge is 2.28. The van der Waals surface area contributed by atoms with Crippen molar-refractivity contribution in [3.63, 3.8) is 0 Å².